The van der Waals surface area contributed by atoms with Gasteiger partial charge in [-0.25, -0.2) is 21.6 Å². The molecule has 4 unspecified atom stereocenters. The number of carbonyl (C=O) groups is 1. The van der Waals surface area contributed by atoms with E-state index in [4.69, 9.17) is 11.6 Å². The van der Waals surface area contributed by atoms with Gasteiger partial charge < -0.3 is 15.5 Å². The van der Waals surface area contributed by atoms with Crippen LogP contribution >= 0.6 is 11.6 Å². The second-order valence-corrected chi connectivity index (χ2v) is 12.2. The molecule has 11 heteroatoms. The Balaban J connectivity index is 1.62. The van der Waals surface area contributed by atoms with E-state index in [-0.39, 0.29) is 39.9 Å². The third-order valence-corrected chi connectivity index (χ3v) is 10.2. The zero-order valence-corrected chi connectivity index (χ0v) is 20.5. The molecule has 2 aromatic carbocycles. The minimum absolute atomic E-state index is 0.0175. The average molecular weight is 532 g/mol. The van der Waals surface area contributed by atoms with E-state index in [0.29, 0.717) is 18.6 Å². The first-order valence-electron chi connectivity index (χ1n) is 11.2. The van der Waals surface area contributed by atoms with Crippen LogP contribution in [0.15, 0.2) is 35.2 Å². The average Bonchev–Trinajstić information content (AvgIpc) is 2.91. The Morgan fingerprint density at radius 3 is 2.34 bits per heavy atom. The van der Waals surface area contributed by atoms with Gasteiger partial charge in [-0.15, -0.1) is 0 Å². The van der Waals surface area contributed by atoms with E-state index in [9.17, 15) is 36.6 Å². The molecule has 190 valence electrons. The molecule has 0 heterocycles. The molecule has 6 atom stereocenters. The quantitative estimate of drug-likeness (QED) is 0.498. The molecular formula is C24H25ClF3NO5S. The number of halogens is 4. The first-order chi connectivity index (χ1) is 16.3. The lowest BCUT2D eigenvalue weighted by atomic mass is 9.70. The second kappa shape index (κ2) is 9.06. The highest BCUT2D eigenvalue weighted by Gasteiger charge is 2.60. The molecule has 1 amide bonds. The molecule has 3 N–H and O–H groups in total. The summed E-state index contributed by atoms with van der Waals surface area (Å²) in [6.45, 7) is 3.43. The first-order valence-corrected chi connectivity index (χ1v) is 13.1. The first kappa shape index (κ1) is 25.9. The van der Waals surface area contributed by atoms with Crippen LogP contribution in [0.5, 0.6) is 0 Å². The van der Waals surface area contributed by atoms with Crippen molar-refractivity contribution in [3.8, 4) is 0 Å². The largest absolute Gasteiger partial charge is 0.390 e. The van der Waals surface area contributed by atoms with E-state index in [1.54, 1.807) is 0 Å². The van der Waals surface area contributed by atoms with E-state index < -0.39 is 62.0 Å². The monoisotopic (exact) mass is 531 g/mol. The summed E-state index contributed by atoms with van der Waals surface area (Å²) in [6, 6.07) is 4.79. The zero-order valence-electron chi connectivity index (χ0n) is 18.9. The SMILES string of the molecule is CC(O)[C@]1(O)C2CC(S(=O)(=O)c3cc(C(=O)Nc4cc(F)c(F)c(F)c4)ccc3Cl)CC1[C@@H](C)C2. The number of hydrogen-bond donors (Lipinski definition) is 3. The van der Waals surface area contributed by atoms with Gasteiger partial charge in [0.05, 0.1) is 26.9 Å². The number of aliphatic hydroxyl groups excluding tert-OH is 1. The number of hydrogen-bond acceptors (Lipinski definition) is 5. The van der Waals surface area contributed by atoms with Gasteiger partial charge in [-0.2, -0.15) is 0 Å². The van der Waals surface area contributed by atoms with Crippen molar-refractivity contribution < 1.29 is 36.6 Å². The lowest BCUT2D eigenvalue weighted by Crippen LogP contribution is -2.55. The van der Waals surface area contributed by atoms with Gasteiger partial charge in [-0.3, -0.25) is 4.79 Å². The number of amides is 1. The lowest BCUT2D eigenvalue weighted by Gasteiger charge is -2.45. The number of aliphatic hydroxyl groups is 2. The fourth-order valence-corrected chi connectivity index (χ4v) is 8.12. The van der Waals surface area contributed by atoms with E-state index in [0.717, 1.165) is 6.07 Å². The topological polar surface area (TPSA) is 104 Å². The lowest BCUT2D eigenvalue weighted by molar-refractivity contribution is -0.138. The summed E-state index contributed by atoms with van der Waals surface area (Å²) < 4.78 is 67.3. The summed E-state index contributed by atoms with van der Waals surface area (Å²) in [5.41, 5.74) is -1.84. The summed E-state index contributed by atoms with van der Waals surface area (Å²) in [4.78, 5) is 12.4. The molecule has 2 fully saturated rings. The summed E-state index contributed by atoms with van der Waals surface area (Å²) in [7, 11) is -4.04. The van der Waals surface area contributed by atoms with Crippen molar-refractivity contribution in [2.75, 3.05) is 5.32 Å². The van der Waals surface area contributed by atoms with Gasteiger partial charge in [0.1, 0.15) is 0 Å². The van der Waals surface area contributed by atoms with Crippen LogP contribution in [0.3, 0.4) is 0 Å². The predicted molar refractivity (Wildman–Crippen MR) is 123 cm³/mol. The summed E-state index contributed by atoms with van der Waals surface area (Å²) in [5.74, 6) is -6.34. The molecule has 2 saturated carbocycles. The van der Waals surface area contributed by atoms with Gasteiger partial charge in [-0.1, -0.05) is 18.5 Å². The van der Waals surface area contributed by atoms with Crippen LogP contribution in [0.1, 0.15) is 43.5 Å². The highest BCUT2D eigenvalue weighted by Crippen LogP contribution is 2.56. The molecule has 2 aliphatic carbocycles. The number of fused-ring (bicyclic) bond motifs is 2. The molecule has 2 aromatic rings. The van der Waals surface area contributed by atoms with Gasteiger partial charge in [0.2, 0.25) is 0 Å². The second-order valence-electron chi connectivity index (χ2n) is 9.57. The smallest absolute Gasteiger partial charge is 0.255 e. The minimum atomic E-state index is -4.04. The normalized spacial score (nSPS) is 29.1. The molecule has 35 heavy (non-hydrogen) atoms. The van der Waals surface area contributed by atoms with E-state index in [1.165, 1.54) is 19.1 Å². The van der Waals surface area contributed by atoms with Crippen molar-refractivity contribution in [3.63, 3.8) is 0 Å². The molecule has 0 radical (unpaired) electrons. The Kier molecular flexibility index (Phi) is 6.72. The highest BCUT2D eigenvalue weighted by atomic mass is 35.5. The van der Waals surface area contributed by atoms with Crippen LogP contribution < -0.4 is 5.32 Å². The summed E-state index contributed by atoms with van der Waals surface area (Å²) in [6.07, 6.45) is -0.171. The maximum Gasteiger partial charge on any atom is 0.255 e. The Morgan fingerprint density at radius 2 is 1.77 bits per heavy atom. The van der Waals surface area contributed by atoms with Crippen LogP contribution in [0.4, 0.5) is 18.9 Å². The van der Waals surface area contributed by atoms with Crippen LogP contribution in [0.2, 0.25) is 5.02 Å². The molecule has 6 nitrogen and oxygen atoms in total. The van der Waals surface area contributed by atoms with Crippen molar-refractivity contribution in [1.82, 2.24) is 0 Å². The molecule has 0 spiro atoms. The minimum Gasteiger partial charge on any atom is -0.390 e. The third kappa shape index (κ3) is 4.34. The van der Waals surface area contributed by atoms with Crippen LogP contribution in [0.25, 0.3) is 0 Å². The van der Waals surface area contributed by atoms with E-state index in [2.05, 4.69) is 5.32 Å². The van der Waals surface area contributed by atoms with Crippen LogP contribution in [0, 0.1) is 35.2 Å². The predicted octanol–water partition coefficient (Wildman–Crippen LogP) is 4.33. The zero-order chi connectivity index (χ0) is 25.9. The Hall–Kier alpha value is -2.14. The van der Waals surface area contributed by atoms with E-state index in [1.807, 2.05) is 6.92 Å². The standard InChI is InChI=1S/C24H25ClF3NO5S/c1-11-5-14-7-16(10-17(11)24(14,32)12(2)30)35(33,34)21-6-13(3-4-18(21)25)23(31)29-15-8-19(26)22(28)20(27)9-15/h3-4,6,8-9,11-12,14,16-17,30,32H,5,7,10H2,1-2H3,(H,29,31)/t11-,12?,14?,16?,17?,24-/m0/s1. The van der Waals surface area contributed by atoms with Gasteiger partial charge >= 0.3 is 0 Å². The van der Waals surface area contributed by atoms with Crippen molar-refractivity contribution in [3.05, 3.63) is 58.4 Å². The summed E-state index contributed by atoms with van der Waals surface area (Å²) >= 11 is 6.21. The maximum absolute atomic E-state index is 13.6. The highest BCUT2D eigenvalue weighted by molar-refractivity contribution is 7.92. The fourth-order valence-electron chi connectivity index (χ4n) is 5.74. The van der Waals surface area contributed by atoms with Crippen molar-refractivity contribution in [2.24, 2.45) is 17.8 Å². The van der Waals surface area contributed by atoms with Crippen molar-refractivity contribution >= 4 is 33.0 Å². The molecule has 0 aromatic heterocycles. The molecule has 2 aliphatic rings. The number of rotatable bonds is 5. The summed E-state index contributed by atoms with van der Waals surface area (Å²) in [5, 5.41) is 22.6. The molecule has 0 aliphatic heterocycles. The van der Waals surface area contributed by atoms with E-state index >= 15 is 0 Å². The van der Waals surface area contributed by atoms with Crippen molar-refractivity contribution in [1.29, 1.82) is 0 Å². The number of nitrogens with one attached hydrogen (secondary N) is 1. The molecule has 2 bridgehead atoms. The Bertz CT molecular complexity index is 1260. The van der Waals surface area contributed by atoms with Gasteiger partial charge in [0.25, 0.3) is 5.91 Å². The number of sulfone groups is 1. The molecular weight excluding hydrogens is 507 g/mol. The number of carbonyl (C=O) groups excluding carboxylic acids is 1. The maximum atomic E-state index is 13.6. The Morgan fingerprint density at radius 1 is 1.14 bits per heavy atom. The van der Waals surface area contributed by atoms with Crippen LogP contribution in [-0.2, 0) is 9.84 Å². The van der Waals surface area contributed by atoms with Gasteiger partial charge in [0.15, 0.2) is 27.3 Å². The molecule has 0 saturated heterocycles. The Labute approximate surface area is 206 Å². The van der Waals surface area contributed by atoms with Gasteiger partial charge in [-0.05, 0) is 62.1 Å². The van der Waals surface area contributed by atoms with Crippen LogP contribution in [-0.4, -0.2) is 41.5 Å². The third-order valence-electron chi connectivity index (χ3n) is 7.51. The number of anilines is 1. The fraction of sp³-hybridized carbons (Fsp3) is 0.458. The van der Waals surface area contributed by atoms with Gasteiger partial charge in [0, 0.05) is 23.4 Å². The number of benzene rings is 2. The molecule has 4 rings (SSSR count). The van der Waals surface area contributed by atoms with Crippen molar-refractivity contribution in [2.45, 2.75) is 55.0 Å².